The number of nitro benzene ring substituents is 1. The molecular formula is C12H16BrClN2O3. The van der Waals surface area contributed by atoms with E-state index in [1.165, 1.54) is 18.9 Å². The molecule has 0 saturated carbocycles. The van der Waals surface area contributed by atoms with Crippen molar-refractivity contribution in [3.8, 4) is 5.75 Å². The van der Waals surface area contributed by atoms with Gasteiger partial charge in [-0.15, -0.1) is 12.4 Å². The Morgan fingerprint density at radius 2 is 2.26 bits per heavy atom. The van der Waals surface area contributed by atoms with Crippen LogP contribution in [0.25, 0.3) is 0 Å². The highest BCUT2D eigenvalue weighted by molar-refractivity contribution is 9.10. The Morgan fingerprint density at radius 3 is 2.89 bits per heavy atom. The SMILES string of the molecule is Cl.O=[N+]([O-])c1cccc(Br)c1OC[C@@H]1CCCCN1. The van der Waals surface area contributed by atoms with E-state index in [4.69, 9.17) is 4.74 Å². The van der Waals surface area contributed by atoms with E-state index in [1.807, 2.05) is 0 Å². The van der Waals surface area contributed by atoms with Crippen LogP contribution < -0.4 is 10.1 Å². The topological polar surface area (TPSA) is 64.4 Å². The maximum Gasteiger partial charge on any atom is 0.312 e. The molecule has 1 aliphatic heterocycles. The van der Waals surface area contributed by atoms with E-state index in [2.05, 4.69) is 21.2 Å². The number of piperidine rings is 1. The lowest BCUT2D eigenvalue weighted by Gasteiger charge is -2.23. The smallest absolute Gasteiger partial charge is 0.312 e. The lowest BCUT2D eigenvalue weighted by molar-refractivity contribution is -0.386. The molecule has 1 aromatic rings. The Hall–Kier alpha value is -0.850. The fraction of sp³-hybridized carbons (Fsp3) is 0.500. The van der Waals surface area contributed by atoms with Gasteiger partial charge in [0, 0.05) is 12.1 Å². The Kier molecular flexibility index (Phi) is 6.54. The van der Waals surface area contributed by atoms with Crippen LogP contribution in [0.3, 0.4) is 0 Å². The van der Waals surface area contributed by atoms with Crippen LogP contribution >= 0.6 is 28.3 Å². The van der Waals surface area contributed by atoms with Gasteiger partial charge in [-0.2, -0.15) is 0 Å². The number of nitro groups is 1. The van der Waals surface area contributed by atoms with Crippen molar-refractivity contribution in [2.45, 2.75) is 25.3 Å². The maximum absolute atomic E-state index is 10.9. The summed E-state index contributed by atoms with van der Waals surface area (Å²) >= 11 is 3.29. The number of ether oxygens (including phenoxy) is 1. The zero-order valence-corrected chi connectivity index (χ0v) is 12.7. The average molecular weight is 352 g/mol. The van der Waals surface area contributed by atoms with Gasteiger partial charge in [0.2, 0.25) is 5.75 Å². The fourth-order valence-corrected chi connectivity index (χ4v) is 2.50. The van der Waals surface area contributed by atoms with Crippen molar-refractivity contribution in [1.29, 1.82) is 0 Å². The van der Waals surface area contributed by atoms with Gasteiger partial charge in [-0.1, -0.05) is 12.5 Å². The standard InChI is InChI=1S/C12H15BrN2O3.ClH/c13-10-5-3-6-11(15(16)17)12(10)18-8-9-4-1-2-7-14-9;/h3,5-6,9,14H,1-2,4,7-8H2;1H/t9-;/m0./s1. The van der Waals surface area contributed by atoms with E-state index in [0.29, 0.717) is 16.8 Å². The number of benzene rings is 1. The molecule has 19 heavy (non-hydrogen) atoms. The Balaban J connectivity index is 0.00000180. The molecule has 7 heteroatoms. The van der Waals surface area contributed by atoms with Crippen LogP contribution in [0.2, 0.25) is 0 Å². The molecule has 1 atom stereocenters. The Labute approximate surface area is 126 Å². The summed E-state index contributed by atoms with van der Waals surface area (Å²) in [6.07, 6.45) is 3.42. The lowest BCUT2D eigenvalue weighted by Crippen LogP contribution is -2.38. The largest absolute Gasteiger partial charge is 0.484 e. The van der Waals surface area contributed by atoms with Crippen LogP contribution in [0.15, 0.2) is 22.7 Å². The number of para-hydroxylation sites is 1. The molecule has 1 aromatic carbocycles. The molecule has 0 aromatic heterocycles. The number of nitrogens with zero attached hydrogens (tertiary/aromatic N) is 1. The molecule has 0 amide bonds. The first-order chi connectivity index (χ1) is 8.68. The summed E-state index contributed by atoms with van der Waals surface area (Å²) in [5.41, 5.74) is 0.000171. The van der Waals surface area contributed by atoms with E-state index < -0.39 is 4.92 Å². The lowest BCUT2D eigenvalue weighted by atomic mass is 10.1. The van der Waals surface area contributed by atoms with Crippen molar-refractivity contribution < 1.29 is 9.66 Å². The first-order valence-corrected chi connectivity index (χ1v) is 6.77. The number of hydrogen-bond donors (Lipinski definition) is 1. The van der Waals surface area contributed by atoms with Gasteiger partial charge in [0.25, 0.3) is 0 Å². The molecule has 0 radical (unpaired) electrons. The summed E-state index contributed by atoms with van der Waals surface area (Å²) in [6.45, 7) is 1.45. The van der Waals surface area contributed by atoms with Gasteiger partial charge in [-0.25, -0.2) is 0 Å². The average Bonchev–Trinajstić information content (AvgIpc) is 2.38. The van der Waals surface area contributed by atoms with Gasteiger partial charge in [0.1, 0.15) is 6.61 Å². The quantitative estimate of drug-likeness (QED) is 0.668. The zero-order chi connectivity index (χ0) is 13.0. The summed E-state index contributed by atoms with van der Waals surface area (Å²) in [5, 5.41) is 14.3. The second kappa shape index (κ2) is 7.67. The van der Waals surface area contributed by atoms with Crippen LogP contribution in [-0.4, -0.2) is 24.1 Å². The maximum atomic E-state index is 10.9. The third kappa shape index (κ3) is 4.33. The van der Waals surface area contributed by atoms with Crippen LogP contribution in [0.1, 0.15) is 19.3 Å². The predicted molar refractivity (Wildman–Crippen MR) is 79.2 cm³/mol. The zero-order valence-electron chi connectivity index (χ0n) is 10.3. The molecule has 0 aliphatic carbocycles. The first-order valence-electron chi connectivity index (χ1n) is 5.97. The van der Waals surface area contributed by atoms with Crippen LogP contribution in [0.5, 0.6) is 5.75 Å². The molecule has 0 unspecified atom stereocenters. The molecule has 1 fully saturated rings. The van der Waals surface area contributed by atoms with Gasteiger partial charge >= 0.3 is 5.69 Å². The van der Waals surface area contributed by atoms with Crippen molar-refractivity contribution >= 4 is 34.0 Å². The summed E-state index contributed by atoms with van der Waals surface area (Å²) < 4.78 is 6.24. The highest BCUT2D eigenvalue weighted by Crippen LogP contribution is 2.34. The highest BCUT2D eigenvalue weighted by atomic mass is 79.9. The number of hydrogen-bond acceptors (Lipinski definition) is 4. The Bertz CT molecular complexity index is 439. The van der Waals surface area contributed by atoms with E-state index in [-0.39, 0.29) is 24.1 Å². The minimum absolute atomic E-state index is 0. The second-order valence-electron chi connectivity index (χ2n) is 4.30. The molecule has 106 valence electrons. The normalized spacial score (nSPS) is 18.5. The first kappa shape index (κ1) is 16.2. The minimum Gasteiger partial charge on any atom is -0.484 e. The van der Waals surface area contributed by atoms with E-state index >= 15 is 0 Å². The van der Waals surface area contributed by atoms with Gasteiger partial charge < -0.3 is 10.1 Å². The number of rotatable bonds is 4. The van der Waals surface area contributed by atoms with E-state index in [9.17, 15) is 10.1 Å². The van der Waals surface area contributed by atoms with Gasteiger partial charge in [-0.3, -0.25) is 10.1 Å². The third-order valence-corrected chi connectivity index (χ3v) is 3.61. The molecule has 1 N–H and O–H groups in total. The summed E-state index contributed by atoms with van der Waals surface area (Å²) in [5.74, 6) is 0.315. The second-order valence-corrected chi connectivity index (χ2v) is 5.16. The van der Waals surface area contributed by atoms with Gasteiger partial charge in [-0.05, 0) is 41.4 Å². The monoisotopic (exact) mass is 350 g/mol. The molecule has 1 saturated heterocycles. The van der Waals surface area contributed by atoms with Gasteiger partial charge in [0.05, 0.1) is 9.40 Å². The van der Waals surface area contributed by atoms with Crippen LogP contribution in [0.4, 0.5) is 5.69 Å². The van der Waals surface area contributed by atoms with E-state index in [1.54, 1.807) is 12.1 Å². The van der Waals surface area contributed by atoms with Crippen molar-refractivity contribution in [3.63, 3.8) is 0 Å². The highest BCUT2D eigenvalue weighted by Gasteiger charge is 2.20. The van der Waals surface area contributed by atoms with Crippen LogP contribution in [0, 0.1) is 10.1 Å². The number of halogens is 2. The van der Waals surface area contributed by atoms with Crippen molar-refractivity contribution in [1.82, 2.24) is 5.32 Å². The van der Waals surface area contributed by atoms with Gasteiger partial charge in [0.15, 0.2) is 0 Å². The van der Waals surface area contributed by atoms with Crippen molar-refractivity contribution in [2.24, 2.45) is 0 Å². The van der Waals surface area contributed by atoms with Crippen LogP contribution in [-0.2, 0) is 0 Å². The van der Waals surface area contributed by atoms with Crippen molar-refractivity contribution in [2.75, 3.05) is 13.2 Å². The summed E-state index contributed by atoms with van der Waals surface area (Å²) in [4.78, 5) is 10.5. The molecule has 0 spiro atoms. The molecule has 0 bridgehead atoms. The third-order valence-electron chi connectivity index (χ3n) is 2.98. The number of nitrogens with one attached hydrogen (secondary N) is 1. The molecule has 5 nitrogen and oxygen atoms in total. The molecule has 2 rings (SSSR count). The fourth-order valence-electron chi connectivity index (χ4n) is 2.03. The molecular weight excluding hydrogens is 336 g/mol. The Morgan fingerprint density at radius 1 is 1.47 bits per heavy atom. The van der Waals surface area contributed by atoms with Crippen molar-refractivity contribution in [3.05, 3.63) is 32.8 Å². The van der Waals surface area contributed by atoms with E-state index in [0.717, 1.165) is 13.0 Å². The molecule has 1 heterocycles. The molecule has 1 aliphatic rings. The predicted octanol–water partition coefficient (Wildman–Crippen LogP) is 3.30. The summed E-state index contributed by atoms with van der Waals surface area (Å²) in [6, 6.07) is 5.12. The summed E-state index contributed by atoms with van der Waals surface area (Å²) in [7, 11) is 0. The minimum atomic E-state index is -0.422.